The Morgan fingerprint density at radius 2 is 1.71 bits per heavy atom. The average molecular weight is 625 g/mol. The molecule has 1 amide bonds. The van der Waals surface area contributed by atoms with Crippen molar-refractivity contribution >= 4 is 21.9 Å². The van der Waals surface area contributed by atoms with Gasteiger partial charge in [0.1, 0.15) is 6.04 Å². The van der Waals surface area contributed by atoms with E-state index in [1.54, 1.807) is 0 Å². The molecule has 3 N–H and O–H groups in total. The number of carboxylic acid groups (broad SMARTS) is 1. The topological polar surface area (TPSA) is 130 Å². The fourth-order valence-electron chi connectivity index (χ4n) is 5.22. The Morgan fingerprint density at radius 1 is 1.07 bits per heavy atom. The van der Waals surface area contributed by atoms with Gasteiger partial charge in [0.25, 0.3) is 5.91 Å². The van der Waals surface area contributed by atoms with Gasteiger partial charge in [-0.2, -0.15) is 36.2 Å². The Bertz CT molecular complexity index is 1430. The molecule has 2 aliphatic rings. The molecule has 4 rings (SSSR count). The van der Waals surface area contributed by atoms with Crippen molar-refractivity contribution < 1.29 is 49.5 Å². The number of hydrogen-bond donors (Lipinski definition) is 3. The Morgan fingerprint density at radius 3 is 2.29 bits per heavy atom. The van der Waals surface area contributed by atoms with Crippen molar-refractivity contribution in [3.63, 3.8) is 0 Å². The molecule has 0 bridgehead atoms. The van der Waals surface area contributed by atoms with Crippen molar-refractivity contribution in [2.75, 3.05) is 0 Å². The van der Waals surface area contributed by atoms with E-state index in [1.165, 1.54) is 15.5 Å². The van der Waals surface area contributed by atoms with Crippen LogP contribution < -0.4 is 10.0 Å². The minimum atomic E-state index is -5.25. The van der Waals surface area contributed by atoms with Gasteiger partial charge in [-0.3, -0.25) is 14.3 Å². The van der Waals surface area contributed by atoms with E-state index in [0.717, 1.165) is 38.2 Å². The number of rotatable bonds is 9. The summed E-state index contributed by atoms with van der Waals surface area (Å²) in [6.07, 6.45) is -5.19. The first kappa shape index (κ1) is 31.8. The van der Waals surface area contributed by atoms with Crippen molar-refractivity contribution in [1.82, 2.24) is 19.8 Å². The first-order valence-electron chi connectivity index (χ1n) is 13.4. The van der Waals surface area contributed by atoms with E-state index in [2.05, 4.69) is 10.4 Å². The molecule has 16 heteroatoms. The summed E-state index contributed by atoms with van der Waals surface area (Å²) in [5, 5.41) is 16.0. The number of nitrogens with zero attached hydrogens (tertiary/aromatic N) is 2. The molecule has 2 fully saturated rings. The summed E-state index contributed by atoms with van der Waals surface area (Å²) in [6.45, 7) is 0.750. The lowest BCUT2D eigenvalue weighted by Gasteiger charge is -2.32. The Labute approximate surface area is 237 Å². The number of alkyl halides is 6. The molecule has 0 radical (unpaired) electrons. The number of hydrogen-bond acceptors (Lipinski definition) is 5. The maximum absolute atomic E-state index is 14.1. The van der Waals surface area contributed by atoms with Gasteiger partial charge in [-0.05, 0) is 56.7 Å². The molecule has 0 aliphatic heterocycles. The maximum Gasteiger partial charge on any atom is 0.417 e. The highest BCUT2D eigenvalue weighted by molar-refractivity contribution is 7.89. The van der Waals surface area contributed by atoms with Gasteiger partial charge in [0, 0.05) is 18.2 Å². The molecular weight excluding hydrogens is 594 g/mol. The third kappa shape index (κ3) is 7.25. The Kier molecular flexibility index (Phi) is 8.98. The molecule has 0 unspecified atom stereocenters. The molecule has 1 atom stereocenters. The first-order valence-corrected chi connectivity index (χ1v) is 14.9. The smallest absolute Gasteiger partial charge is 0.417 e. The highest BCUT2D eigenvalue weighted by Crippen LogP contribution is 2.38. The van der Waals surface area contributed by atoms with Crippen LogP contribution in [-0.4, -0.2) is 53.4 Å². The fourth-order valence-corrected chi connectivity index (χ4v) is 6.66. The summed E-state index contributed by atoms with van der Waals surface area (Å²) >= 11 is 0. The number of carbonyl (C=O) groups excluding carboxylic acids is 1. The zero-order valence-electron chi connectivity index (χ0n) is 22.4. The minimum absolute atomic E-state index is 0.0915. The van der Waals surface area contributed by atoms with E-state index in [4.69, 9.17) is 5.11 Å². The average Bonchev–Trinajstić information content (AvgIpc) is 3.28. The standard InChI is InChI=1S/C26H30F6N4O5S/c1-14(25(27,28)29)35-42(40,41)22-8-7-16(11-19(22)26(30,31)32)21-12-20(23(37)33-18-9-17(10-18)24(38)39)34-36(21)13-15-5-3-2-4-6-15/h7-8,11-12,14-15,17-18,35H,2-6,9-10,13H2,1H3,(H,33,37)(H,38,39)/t14-,17-,18-/m0/s1. The molecule has 1 aromatic heterocycles. The van der Waals surface area contributed by atoms with Crippen LogP contribution in [0.4, 0.5) is 26.3 Å². The number of amides is 1. The fraction of sp³-hybridized carbons (Fsp3) is 0.577. The molecule has 42 heavy (non-hydrogen) atoms. The zero-order chi connectivity index (χ0) is 31.0. The predicted molar refractivity (Wildman–Crippen MR) is 137 cm³/mol. The molecule has 2 aromatic rings. The van der Waals surface area contributed by atoms with E-state index in [9.17, 15) is 44.3 Å². The third-order valence-corrected chi connectivity index (χ3v) is 9.28. The third-order valence-electron chi connectivity index (χ3n) is 7.68. The highest BCUT2D eigenvalue weighted by Gasteiger charge is 2.42. The second-order valence-electron chi connectivity index (χ2n) is 10.9. The van der Waals surface area contributed by atoms with Gasteiger partial charge in [-0.15, -0.1) is 0 Å². The lowest BCUT2D eigenvalue weighted by Crippen LogP contribution is -2.46. The number of aliphatic carboxylic acids is 1. The molecule has 0 saturated heterocycles. The normalized spacial score (nSPS) is 21.0. The van der Waals surface area contributed by atoms with E-state index >= 15 is 0 Å². The Balaban J connectivity index is 1.70. The molecule has 2 aliphatic carbocycles. The van der Waals surface area contributed by atoms with Crippen LogP contribution in [0.25, 0.3) is 11.3 Å². The first-order chi connectivity index (χ1) is 19.5. The van der Waals surface area contributed by atoms with Crippen LogP contribution in [0, 0.1) is 11.8 Å². The van der Waals surface area contributed by atoms with Crippen LogP contribution in [-0.2, 0) is 27.5 Å². The molecular formula is C26H30F6N4O5S. The van der Waals surface area contributed by atoms with Crippen molar-refractivity contribution in [2.24, 2.45) is 11.8 Å². The Hall–Kier alpha value is -3.14. The van der Waals surface area contributed by atoms with E-state index in [1.807, 2.05) is 0 Å². The molecule has 2 saturated carbocycles. The van der Waals surface area contributed by atoms with Crippen molar-refractivity contribution in [1.29, 1.82) is 0 Å². The van der Waals surface area contributed by atoms with Gasteiger partial charge in [0.05, 0.1) is 22.1 Å². The van der Waals surface area contributed by atoms with Crippen molar-refractivity contribution in [3.8, 4) is 11.3 Å². The van der Waals surface area contributed by atoms with Gasteiger partial charge in [0.15, 0.2) is 5.69 Å². The van der Waals surface area contributed by atoms with Crippen molar-refractivity contribution in [2.45, 2.75) is 87.7 Å². The summed E-state index contributed by atoms with van der Waals surface area (Å²) in [6, 6.07) is 0.357. The quantitative estimate of drug-likeness (QED) is 0.338. The van der Waals surface area contributed by atoms with Gasteiger partial charge in [-0.25, -0.2) is 8.42 Å². The van der Waals surface area contributed by atoms with Gasteiger partial charge >= 0.3 is 18.3 Å². The van der Waals surface area contributed by atoms with Crippen molar-refractivity contribution in [3.05, 3.63) is 35.5 Å². The van der Waals surface area contributed by atoms with Gasteiger partial charge in [-0.1, -0.05) is 25.3 Å². The van der Waals surface area contributed by atoms with E-state index in [0.29, 0.717) is 19.1 Å². The summed E-state index contributed by atoms with van der Waals surface area (Å²) in [4.78, 5) is 22.6. The van der Waals surface area contributed by atoms with Gasteiger partial charge < -0.3 is 10.4 Å². The predicted octanol–water partition coefficient (Wildman–Crippen LogP) is 4.97. The van der Waals surface area contributed by atoms with Crippen LogP contribution in [0.2, 0.25) is 0 Å². The number of benzene rings is 1. The molecule has 9 nitrogen and oxygen atoms in total. The lowest BCUT2D eigenvalue weighted by molar-refractivity contribution is -0.147. The van der Waals surface area contributed by atoms with Crippen LogP contribution in [0.5, 0.6) is 0 Å². The summed E-state index contributed by atoms with van der Waals surface area (Å²) < 4.78 is 109. The number of aromatic nitrogens is 2. The van der Waals surface area contributed by atoms with Crippen LogP contribution >= 0.6 is 0 Å². The molecule has 0 spiro atoms. The van der Waals surface area contributed by atoms with Crippen LogP contribution in [0.15, 0.2) is 29.2 Å². The lowest BCUT2D eigenvalue weighted by atomic mass is 9.80. The minimum Gasteiger partial charge on any atom is -0.481 e. The number of carbonyl (C=O) groups is 2. The zero-order valence-corrected chi connectivity index (χ0v) is 23.2. The van der Waals surface area contributed by atoms with E-state index in [-0.39, 0.29) is 42.3 Å². The number of carboxylic acids is 1. The summed E-state index contributed by atoms with van der Waals surface area (Å²) in [5.74, 6) is -2.08. The van der Waals surface area contributed by atoms with Gasteiger partial charge in [0.2, 0.25) is 10.0 Å². The molecule has 232 valence electrons. The maximum atomic E-state index is 14.1. The SMILES string of the molecule is C[C@H](NS(=O)(=O)c1ccc(-c2cc(C(=O)N[C@H]3C[C@H](C(=O)O)C3)nn2CC2CCCCC2)cc1C(F)(F)F)C(F)(F)F. The summed E-state index contributed by atoms with van der Waals surface area (Å²) in [7, 11) is -5.24. The van der Waals surface area contributed by atoms with Crippen LogP contribution in [0.3, 0.4) is 0 Å². The number of nitrogens with one attached hydrogen (secondary N) is 2. The molecule has 1 heterocycles. The number of halogens is 6. The van der Waals surface area contributed by atoms with Crippen LogP contribution in [0.1, 0.15) is 67.9 Å². The number of sulfonamides is 1. The second-order valence-corrected chi connectivity index (χ2v) is 12.6. The molecule has 1 aromatic carbocycles. The monoisotopic (exact) mass is 624 g/mol. The second kappa shape index (κ2) is 11.9. The van der Waals surface area contributed by atoms with E-state index < -0.39 is 62.7 Å². The summed E-state index contributed by atoms with van der Waals surface area (Å²) in [5.41, 5.74) is -1.84. The highest BCUT2D eigenvalue weighted by atomic mass is 32.2. The largest absolute Gasteiger partial charge is 0.481 e.